The molecule has 1 aliphatic carbocycles. The number of carbonyl (C=O) groups excluding carboxylic acids is 2. The van der Waals surface area contributed by atoms with Crippen LogP contribution in [0.2, 0.25) is 0 Å². The molecule has 1 saturated carbocycles. The fourth-order valence-electron chi connectivity index (χ4n) is 3.25. The van der Waals surface area contributed by atoms with Gasteiger partial charge in [0.2, 0.25) is 0 Å². The van der Waals surface area contributed by atoms with Crippen molar-refractivity contribution in [1.29, 1.82) is 0 Å². The highest BCUT2D eigenvalue weighted by molar-refractivity contribution is 7.87. The second-order valence-corrected chi connectivity index (χ2v) is 9.29. The van der Waals surface area contributed by atoms with Crippen molar-refractivity contribution >= 4 is 22.3 Å². The van der Waals surface area contributed by atoms with Crippen molar-refractivity contribution < 1.29 is 27.5 Å². The minimum atomic E-state index is -3.87. The van der Waals surface area contributed by atoms with Gasteiger partial charge in [0.15, 0.2) is 0 Å². The summed E-state index contributed by atoms with van der Waals surface area (Å²) in [4.78, 5) is 23.3. The zero-order valence-corrected chi connectivity index (χ0v) is 15.9. The van der Waals surface area contributed by atoms with Gasteiger partial charge in [-0.05, 0) is 46.0 Å². The van der Waals surface area contributed by atoms with Gasteiger partial charge >= 0.3 is 22.3 Å². The van der Waals surface area contributed by atoms with Crippen LogP contribution in [0.3, 0.4) is 0 Å². The van der Waals surface area contributed by atoms with Gasteiger partial charge in [0.25, 0.3) is 0 Å². The molecule has 144 valence electrons. The maximum atomic E-state index is 12.3. The van der Waals surface area contributed by atoms with E-state index in [1.54, 1.807) is 0 Å². The maximum absolute atomic E-state index is 12.3. The highest BCUT2D eigenvalue weighted by Crippen LogP contribution is 2.29. The van der Waals surface area contributed by atoms with E-state index < -0.39 is 21.9 Å². The van der Waals surface area contributed by atoms with E-state index in [-0.39, 0.29) is 31.1 Å². The van der Waals surface area contributed by atoms with Crippen LogP contribution in [0.5, 0.6) is 0 Å². The van der Waals surface area contributed by atoms with E-state index in [2.05, 4.69) is 9.46 Å². The molecular weight excluding hydrogens is 348 g/mol. The summed E-state index contributed by atoms with van der Waals surface area (Å²) in [5.41, 5.74) is -0.494. The quantitative estimate of drug-likeness (QED) is 0.711. The molecule has 1 unspecified atom stereocenters. The molecule has 2 fully saturated rings. The number of nitrogens with one attached hydrogen (secondary N) is 1. The maximum Gasteiger partial charge on any atom is 0.424 e. The summed E-state index contributed by atoms with van der Waals surface area (Å²) in [6.07, 6.45) is 3.42. The van der Waals surface area contributed by atoms with Crippen LogP contribution in [0.4, 0.5) is 4.79 Å². The molecule has 0 radical (unpaired) electrons. The Hall–Kier alpha value is -1.35. The molecule has 1 amide bonds. The van der Waals surface area contributed by atoms with Crippen molar-refractivity contribution in [2.75, 3.05) is 13.2 Å². The fourth-order valence-corrected chi connectivity index (χ4v) is 4.57. The molecule has 1 saturated heterocycles. The molecule has 0 spiro atoms. The first kappa shape index (κ1) is 20.0. The minimum Gasteiger partial charge on any atom is -0.460 e. The van der Waals surface area contributed by atoms with Crippen LogP contribution >= 0.6 is 0 Å². The Labute approximate surface area is 149 Å². The molecule has 9 heteroatoms. The molecule has 2 rings (SSSR count). The van der Waals surface area contributed by atoms with Gasteiger partial charge in [-0.1, -0.05) is 12.8 Å². The van der Waals surface area contributed by atoms with Crippen LogP contribution in [-0.4, -0.2) is 49.6 Å². The molecular formula is C16H28N2O6S. The van der Waals surface area contributed by atoms with Crippen molar-refractivity contribution in [2.45, 2.75) is 70.9 Å². The Morgan fingerprint density at radius 3 is 2.68 bits per heavy atom. The molecule has 0 bridgehead atoms. The molecule has 2 aliphatic rings. The molecule has 1 N–H and O–H groups in total. The third kappa shape index (κ3) is 6.14. The van der Waals surface area contributed by atoms with Gasteiger partial charge in [0, 0.05) is 12.5 Å². The first-order chi connectivity index (χ1) is 11.6. The Balaban J connectivity index is 1.82. The van der Waals surface area contributed by atoms with Gasteiger partial charge < -0.3 is 9.47 Å². The third-order valence-corrected chi connectivity index (χ3v) is 5.83. The lowest BCUT2D eigenvalue weighted by molar-refractivity contribution is -0.155. The zero-order valence-electron chi connectivity index (χ0n) is 15.1. The van der Waals surface area contributed by atoms with Gasteiger partial charge in [-0.25, -0.2) is 4.79 Å². The Bertz CT molecular complexity index is 598. The van der Waals surface area contributed by atoms with Crippen LogP contribution in [0.15, 0.2) is 0 Å². The van der Waals surface area contributed by atoms with Crippen LogP contribution in [0.25, 0.3) is 0 Å². The second-order valence-electron chi connectivity index (χ2n) is 7.66. The average molecular weight is 376 g/mol. The standard InChI is InChI=1S/C16H28N2O6S/c1-16(2,3)24-14(19)8-7-12-5-4-6-13(11-12)17-25(21,22)18-9-10-23-15(18)20/h12-13,17H,4-11H2,1-3H3/t12?,13-/m1/s1. The molecule has 1 aliphatic heterocycles. The lowest BCUT2D eigenvalue weighted by atomic mass is 9.83. The van der Waals surface area contributed by atoms with Gasteiger partial charge in [-0.15, -0.1) is 0 Å². The Morgan fingerprint density at radius 1 is 1.36 bits per heavy atom. The van der Waals surface area contributed by atoms with Gasteiger partial charge in [0.1, 0.15) is 12.2 Å². The first-order valence-corrected chi connectivity index (χ1v) is 10.2. The second kappa shape index (κ2) is 7.90. The summed E-state index contributed by atoms with van der Waals surface area (Å²) in [5.74, 6) is 0.0366. The number of nitrogens with zero attached hydrogens (tertiary/aromatic N) is 1. The monoisotopic (exact) mass is 376 g/mol. The van der Waals surface area contributed by atoms with Gasteiger partial charge in [-0.3, -0.25) is 4.79 Å². The number of hydrogen-bond acceptors (Lipinski definition) is 6. The van der Waals surface area contributed by atoms with E-state index >= 15 is 0 Å². The van der Waals surface area contributed by atoms with E-state index in [0.717, 1.165) is 23.6 Å². The number of esters is 1. The summed E-state index contributed by atoms with van der Waals surface area (Å²) in [6, 6.07) is -0.226. The number of rotatable bonds is 6. The summed E-state index contributed by atoms with van der Waals surface area (Å²) < 4.78 is 37.9. The van der Waals surface area contributed by atoms with Crippen molar-refractivity contribution in [3.05, 3.63) is 0 Å². The lowest BCUT2D eigenvalue weighted by Gasteiger charge is -2.30. The molecule has 8 nitrogen and oxygen atoms in total. The first-order valence-electron chi connectivity index (χ1n) is 8.75. The van der Waals surface area contributed by atoms with Crippen molar-refractivity contribution in [3.63, 3.8) is 0 Å². The van der Waals surface area contributed by atoms with Crippen molar-refractivity contribution in [2.24, 2.45) is 5.92 Å². The van der Waals surface area contributed by atoms with E-state index in [0.29, 0.717) is 19.3 Å². The summed E-state index contributed by atoms with van der Waals surface area (Å²) >= 11 is 0. The molecule has 0 aromatic heterocycles. The zero-order chi connectivity index (χ0) is 18.7. The highest BCUT2D eigenvalue weighted by atomic mass is 32.2. The van der Waals surface area contributed by atoms with Crippen LogP contribution < -0.4 is 4.72 Å². The van der Waals surface area contributed by atoms with Gasteiger partial charge in [0.05, 0.1) is 6.54 Å². The molecule has 2 atom stereocenters. The normalized spacial score (nSPS) is 24.9. The van der Waals surface area contributed by atoms with Crippen LogP contribution in [-0.2, 0) is 24.5 Å². The third-order valence-electron chi connectivity index (χ3n) is 4.29. The van der Waals surface area contributed by atoms with E-state index in [9.17, 15) is 18.0 Å². The SMILES string of the molecule is CC(C)(C)OC(=O)CCC1CCC[C@@H](NS(=O)(=O)N2CCOC2=O)C1. The predicted molar refractivity (Wildman–Crippen MR) is 90.9 cm³/mol. The fraction of sp³-hybridized carbons (Fsp3) is 0.875. The van der Waals surface area contributed by atoms with Gasteiger partial charge in [-0.2, -0.15) is 17.4 Å². The van der Waals surface area contributed by atoms with Crippen LogP contribution in [0.1, 0.15) is 59.3 Å². The minimum absolute atomic E-state index is 0.0446. The molecule has 1 heterocycles. The number of hydrogen-bond donors (Lipinski definition) is 1. The number of carbonyl (C=O) groups is 2. The van der Waals surface area contributed by atoms with E-state index in [1.807, 2.05) is 20.8 Å². The van der Waals surface area contributed by atoms with E-state index in [1.165, 1.54) is 0 Å². The summed E-state index contributed by atoms with van der Waals surface area (Å²) in [6.45, 7) is 5.63. The predicted octanol–water partition coefficient (Wildman–Crippen LogP) is 1.95. The molecule has 0 aromatic rings. The number of cyclic esters (lactones) is 1. The smallest absolute Gasteiger partial charge is 0.424 e. The lowest BCUT2D eigenvalue weighted by Crippen LogP contribution is -2.47. The Morgan fingerprint density at radius 2 is 2.08 bits per heavy atom. The molecule has 0 aromatic carbocycles. The topological polar surface area (TPSA) is 102 Å². The number of amides is 1. The highest BCUT2D eigenvalue weighted by Gasteiger charge is 2.36. The number of ether oxygens (including phenoxy) is 2. The average Bonchev–Trinajstić information content (AvgIpc) is 2.90. The van der Waals surface area contributed by atoms with Crippen molar-refractivity contribution in [3.8, 4) is 0 Å². The Kier molecular flexibility index (Phi) is 6.31. The van der Waals surface area contributed by atoms with Crippen molar-refractivity contribution in [1.82, 2.24) is 9.03 Å². The van der Waals surface area contributed by atoms with E-state index in [4.69, 9.17) is 4.74 Å². The van der Waals surface area contributed by atoms with Crippen LogP contribution in [0, 0.1) is 5.92 Å². The summed E-state index contributed by atoms with van der Waals surface area (Å²) in [7, 11) is -3.87. The summed E-state index contributed by atoms with van der Waals surface area (Å²) in [5, 5.41) is 0. The molecule has 25 heavy (non-hydrogen) atoms. The largest absolute Gasteiger partial charge is 0.460 e.